The lowest BCUT2D eigenvalue weighted by atomic mass is 10.3. The van der Waals surface area contributed by atoms with Crippen molar-refractivity contribution in [3.05, 3.63) is 34.0 Å². The molecule has 0 radical (unpaired) electrons. The Kier molecular flexibility index (Phi) is 4.21. The third kappa shape index (κ3) is 3.06. The van der Waals surface area contributed by atoms with Crippen molar-refractivity contribution >= 4 is 27.3 Å². The maximum Gasteiger partial charge on any atom is 0.347 e. The molecule has 0 saturated carbocycles. The zero-order valence-corrected chi connectivity index (χ0v) is 12.2. The largest absolute Gasteiger partial charge is 0.477 e. The molecule has 7 nitrogen and oxygen atoms in total. The minimum Gasteiger partial charge on any atom is -0.477 e. The van der Waals surface area contributed by atoms with Gasteiger partial charge in [0.2, 0.25) is 10.0 Å². The number of nitrogens with one attached hydrogen (secondary N) is 2. The molecule has 0 amide bonds. The van der Waals surface area contributed by atoms with Crippen LogP contribution in [0.3, 0.4) is 0 Å². The van der Waals surface area contributed by atoms with Gasteiger partial charge in [-0.1, -0.05) is 0 Å². The SMILES string of the molecule is Cc1csc(C(=O)O)c1S(=O)(=O)NCCc1cnc[nH]1. The monoisotopic (exact) mass is 315 g/mol. The highest BCUT2D eigenvalue weighted by Crippen LogP contribution is 2.26. The van der Waals surface area contributed by atoms with Crippen LogP contribution in [0.15, 0.2) is 22.8 Å². The Balaban J connectivity index is 2.14. The van der Waals surface area contributed by atoms with Gasteiger partial charge in [-0.05, 0) is 17.9 Å². The molecule has 2 aromatic heterocycles. The standard InChI is InChI=1S/C11H13N3O4S2/c1-7-5-19-9(11(15)16)10(7)20(17,18)14-3-2-8-4-12-6-13-8/h4-6,14H,2-3H2,1H3,(H,12,13)(H,15,16). The van der Waals surface area contributed by atoms with E-state index >= 15 is 0 Å². The van der Waals surface area contributed by atoms with E-state index in [2.05, 4.69) is 14.7 Å². The van der Waals surface area contributed by atoms with Gasteiger partial charge in [-0.15, -0.1) is 11.3 Å². The second kappa shape index (κ2) is 5.73. The lowest BCUT2D eigenvalue weighted by molar-refractivity contribution is 0.0698. The van der Waals surface area contributed by atoms with Gasteiger partial charge >= 0.3 is 5.97 Å². The Hall–Kier alpha value is -1.71. The Morgan fingerprint density at radius 2 is 2.30 bits per heavy atom. The molecule has 3 N–H and O–H groups in total. The van der Waals surface area contributed by atoms with Gasteiger partial charge in [0, 0.05) is 24.9 Å². The van der Waals surface area contributed by atoms with Crippen molar-refractivity contribution in [3.8, 4) is 0 Å². The fourth-order valence-electron chi connectivity index (χ4n) is 1.73. The fourth-order valence-corrected chi connectivity index (χ4v) is 4.39. The first-order chi connectivity index (χ1) is 9.42. The second-order valence-electron chi connectivity index (χ2n) is 4.11. The summed E-state index contributed by atoms with van der Waals surface area (Å²) in [7, 11) is -3.83. The number of carboxylic acids is 1. The minimum absolute atomic E-state index is 0.153. The molecule has 0 saturated heterocycles. The maximum atomic E-state index is 12.2. The van der Waals surface area contributed by atoms with Crippen LogP contribution in [0.25, 0.3) is 0 Å². The first kappa shape index (κ1) is 14.7. The third-order valence-corrected chi connectivity index (χ3v) is 5.48. The number of aryl methyl sites for hydroxylation is 1. The van der Waals surface area contributed by atoms with Crippen molar-refractivity contribution in [1.82, 2.24) is 14.7 Å². The van der Waals surface area contributed by atoms with E-state index in [-0.39, 0.29) is 16.3 Å². The van der Waals surface area contributed by atoms with Gasteiger partial charge in [0.05, 0.1) is 6.33 Å². The van der Waals surface area contributed by atoms with Crippen LogP contribution in [0.5, 0.6) is 0 Å². The normalized spacial score (nSPS) is 11.7. The zero-order chi connectivity index (χ0) is 14.8. The Morgan fingerprint density at radius 3 is 2.90 bits per heavy atom. The van der Waals surface area contributed by atoms with Crippen LogP contribution in [0.1, 0.15) is 20.9 Å². The van der Waals surface area contributed by atoms with Gasteiger partial charge in [0.1, 0.15) is 9.77 Å². The van der Waals surface area contributed by atoms with Crippen molar-refractivity contribution < 1.29 is 18.3 Å². The highest BCUT2D eigenvalue weighted by atomic mass is 32.2. The van der Waals surface area contributed by atoms with Crippen molar-refractivity contribution in [2.45, 2.75) is 18.2 Å². The van der Waals surface area contributed by atoms with E-state index in [4.69, 9.17) is 5.11 Å². The first-order valence-electron chi connectivity index (χ1n) is 5.70. The summed E-state index contributed by atoms with van der Waals surface area (Å²) in [6.45, 7) is 1.74. The number of sulfonamides is 1. The zero-order valence-electron chi connectivity index (χ0n) is 10.6. The summed E-state index contributed by atoms with van der Waals surface area (Å²) in [5.41, 5.74) is 1.23. The van der Waals surface area contributed by atoms with Crippen LogP contribution in [-0.4, -0.2) is 36.0 Å². The first-order valence-corrected chi connectivity index (χ1v) is 8.06. The predicted molar refractivity (Wildman–Crippen MR) is 73.5 cm³/mol. The van der Waals surface area contributed by atoms with E-state index in [0.29, 0.717) is 12.0 Å². The Bertz CT molecular complexity index is 704. The quantitative estimate of drug-likeness (QED) is 0.736. The minimum atomic E-state index is -3.83. The molecule has 2 rings (SSSR count). The van der Waals surface area contributed by atoms with Crippen molar-refractivity contribution in [3.63, 3.8) is 0 Å². The number of imidazole rings is 1. The lowest BCUT2D eigenvalue weighted by Crippen LogP contribution is -2.27. The Labute approximate surface area is 119 Å². The van der Waals surface area contributed by atoms with Gasteiger partial charge in [0.15, 0.2) is 0 Å². The molecule has 0 bridgehead atoms. The van der Waals surface area contributed by atoms with E-state index in [9.17, 15) is 13.2 Å². The summed E-state index contributed by atoms with van der Waals surface area (Å²) in [6, 6.07) is 0. The van der Waals surface area contributed by atoms with Crippen LogP contribution in [-0.2, 0) is 16.4 Å². The molecular formula is C11H13N3O4S2. The second-order valence-corrected chi connectivity index (χ2v) is 6.69. The molecule has 108 valence electrons. The average molecular weight is 315 g/mol. The molecule has 0 atom stereocenters. The molecular weight excluding hydrogens is 302 g/mol. The number of aromatic amines is 1. The average Bonchev–Trinajstić information content (AvgIpc) is 2.98. The van der Waals surface area contributed by atoms with E-state index in [1.165, 1.54) is 11.7 Å². The molecule has 0 unspecified atom stereocenters. The molecule has 0 spiro atoms. The van der Waals surface area contributed by atoms with E-state index in [1.54, 1.807) is 13.1 Å². The summed E-state index contributed by atoms with van der Waals surface area (Å²) in [5, 5.41) is 10.5. The highest BCUT2D eigenvalue weighted by Gasteiger charge is 2.26. The van der Waals surface area contributed by atoms with Crippen LogP contribution in [0.2, 0.25) is 0 Å². The van der Waals surface area contributed by atoms with Gasteiger partial charge in [0.25, 0.3) is 0 Å². The fraction of sp³-hybridized carbons (Fsp3) is 0.273. The molecule has 0 aromatic carbocycles. The molecule has 0 aliphatic heterocycles. The van der Waals surface area contributed by atoms with E-state index < -0.39 is 16.0 Å². The lowest BCUT2D eigenvalue weighted by Gasteiger charge is -2.07. The van der Waals surface area contributed by atoms with E-state index in [0.717, 1.165) is 17.0 Å². The molecule has 0 fully saturated rings. The van der Waals surface area contributed by atoms with Crippen molar-refractivity contribution in [1.29, 1.82) is 0 Å². The van der Waals surface area contributed by atoms with Gasteiger partial charge in [-0.3, -0.25) is 0 Å². The van der Waals surface area contributed by atoms with Crippen LogP contribution in [0.4, 0.5) is 0 Å². The number of nitrogens with zero attached hydrogens (tertiary/aromatic N) is 1. The van der Waals surface area contributed by atoms with Crippen LogP contribution in [0, 0.1) is 6.92 Å². The van der Waals surface area contributed by atoms with Crippen molar-refractivity contribution in [2.24, 2.45) is 0 Å². The number of aromatic carboxylic acids is 1. The summed E-state index contributed by atoms with van der Waals surface area (Å²) in [6.07, 6.45) is 3.56. The molecule has 2 heterocycles. The highest BCUT2D eigenvalue weighted by molar-refractivity contribution is 7.89. The Morgan fingerprint density at radius 1 is 1.55 bits per heavy atom. The number of aromatic nitrogens is 2. The van der Waals surface area contributed by atoms with Crippen molar-refractivity contribution in [2.75, 3.05) is 6.54 Å². The molecule has 9 heteroatoms. The summed E-state index contributed by atoms with van der Waals surface area (Å²) in [5.74, 6) is -1.24. The molecule has 20 heavy (non-hydrogen) atoms. The number of hydrogen-bond donors (Lipinski definition) is 3. The van der Waals surface area contributed by atoms with Crippen LogP contribution < -0.4 is 4.72 Å². The smallest absolute Gasteiger partial charge is 0.347 e. The number of thiophene rings is 1. The number of hydrogen-bond acceptors (Lipinski definition) is 5. The maximum absolute atomic E-state index is 12.2. The van der Waals surface area contributed by atoms with Crippen LogP contribution >= 0.6 is 11.3 Å². The molecule has 2 aromatic rings. The van der Waals surface area contributed by atoms with Gasteiger partial charge < -0.3 is 10.1 Å². The number of carbonyl (C=O) groups is 1. The number of H-pyrrole nitrogens is 1. The molecule has 0 aliphatic carbocycles. The number of carboxylic acid groups (broad SMARTS) is 1. The third-order valence-electron chi connectivity index (χ3n) is 2.62. The summed E-state index contributed by atoms with van der Waals surface area (Å²) >= 11 is 0.907. The summed E-state index contributed by atoms with van der Waals surface area (Å²) < 4.78 is 26.8. The topological polar surface area (TPSA) is 112 Å². The van der Waals surface area contributed by atoms with E-state index in [1.807, 2.05) is 0 Å². The van der Waals surface area contributed by atoms with Gasteiger partial charge in [-0.25, -0.2) is 22.9 Å². The summed E-state index contributed by atoms with van der Waals surface area (Å²) in [4.78, 5) is 17.4. The van der Waals surface area contributed by atoms with Gasteiger partial charge in [-0.2, -0.15) is 0 Å². The predicted octanol–water partition coefficient (Wildman–Crippen LogP) is 0.999. The number of rotatable bonds is 6. The molecule has 0 aliphatic rings.